The fourth-order valence-corrected chi connectivity index (χ4v) is 3.92. The highest BCUT2D eigenvalue weighted by atomic mass is 16.5. The van der Waals surface area contributed by atoms with Crippen LogP contribution in [-0.4, -0.2) is 39.7 Å². The molecular weight excluding hydrogens is 424 g/mol. The van der Waals surface area contributed by atoms with Crippen molar-refractivity contribution in [3.8, 4) is 17.5 Å². The van der Waals surface area contributed by atoms with E-state index >= 15 is 0 Å². The van der Waals surface area contributed by atoms with E-state index in [1.807, 2.05) is 26.0 Å². The van der Waals surface area contributed by atoms with E-state index in [0.29, 0.717) is 30.9 Å². The lowest BCUT2D eigenvalue weighted by Gasteiger charge is -2.28. The standard InChI is InChI=1S/C24H32N4O5/c1-7-15(28-22(30)31)10-23(3,4)20(29)27-16-11-25-21(26-12-16)33-17-9-8-14(2)19-18(17)24(5,6)13-32-19/h8-9,11-12,15,28H,7,10,13H2,1-6H3,(H,27,29)(H,30,31)/t15-/m1/s1. The molecule has 178 valence electrons. The molecule has 0 fully saturated rings. The Kier molecular flexibility index (Phi) is 6.81. The molecule has 2 aromatic rings. The maximum absolute atomic E-state index is 12.8. The van der Waals surface area contributed by atoms with Gasteiger partial charge in [-0.05, 0) is 31.4 Å². The molecular formula is C24H32N4O5. The number of aromatic nitrogens is 2. The molecule has 0 aliphatic carbocycles. The van der Waals surface area contributed by atoms with Gasteiger partial charge in [-0.15, -0.1) is 0 Å². The quantitative estimate of drug-likeness (QED) is 0.528. The van der Waals surface area contributed by atoms with E-state index in [-0.39, 0.29) is 23.4 Å². The van der Waals surface area contributed by atoms with Crippen molar-refractivity contribution >= 4 is 17.7 Å². The van der Waals surface area contributed by atoms with Gasteiger partial charge in [0.05, 0.1) is 24.7 Å². The summed E-state index contributed by atoms with van der Waals surface area (Å²) in [6.45, 7) is 12.2. The van der Waals surface area contributed by atoms with E-state index in [2.05, 4.69) is 34.4 Å². The second-order valence-electron chi connectivity index (χ2n) is 9.71. The van der Waals surface area contributed by atoms with Crippen LogP contribution in [0.15, 0.2) is 24.5 Å². The van der Waals surface area contributed by atoms with E-state index in [0.717, 1.165) is 16.9 Å². The lowest BCUT2D eigenvalue weighted by atomic mass is 9.84. The van der Waals surface area contributed by atoms with Crippen LogP contribution < -0.4 is 20.1 Å². The molecule has 3 N–H and O–H groups in total. The summed E-state index contributed by atoms with van der Waals surface area (Å²) in [6, 6.07) is 3.67. The third-order valence-electron chi connectivity index (χ3n) is 5.85. The highest BCUT2D eigenvalue weighted by molar-refractivity contribution is 5.94. The summed E-state index contributed by atoms with van der Waals surface area (Å²) < 4.78 is 11.8. The predicted octanol–water partition coefficient (Wildman–Crippen LogP) is 4.65. The first-order valence-electron chi connectivity index (χ1n) is 11.0. The summed E-state index contributed by atoms with van der Waals surface area (Å²) in [7, 11) is 0. The second-order valence-corrected chi connectivity index (χ2v) is 9.71. The van der Waals surface area contributed by atoms with Crippen molar-refractivity contribution in [2.75, 3.05) is 11.9 Å². The van der Waals surface area contributed by atoms with Crippen LogP contribution in [0.5, 0.6) is 17.5 Å². The molecule has 9 heteroatoms. The molecule has 1 aromatic carbocycles. The molecule has 1 aliphatic rings. The second kappa shape index (κ2) is 9.25. The summed E-state index contributed by atoms with van der Waals surface area (Å²) >= 11 is 0. The fourth-order valence-electron chi connectivity index (χ4n) is 3.92. The van der Waals surface area contributed by atoms with Gasteiger partial charge in [0.15, 0.2) is 0 Å². The Morgan fingerprint density at radius 3 is 2.55 bits per heavy atom. The number of ether oxygens (including phenoxy) is 2. The summed E-state index contributed by atoms with van der Waals surface area (Å²) in [4.78, 5) is 32.2. The molecule has 0 unspecified atom stereocenters. The number of fused-ring (bicyclic) bond motifs is 1. The van der Waals surface area contributed by atoms with Crippen LogP contribution in [0.4, 0.5) is 10.5 Å². The van der Waals surface area contributed by atoms with Crippen molar-refractivity contribution in [3.05, 3.63) is 35.7 Å². The van der Waals surface area contributed by atoms with Gasteiger partial charge in [-0.3, -0.25) is 4.79 Å². The van der Waals surface area contributed by atoms with Crippen molar-refractivity contribution in [3.63, 3.8) is 0 Å². The average Bonchev–Trinajstić information content (AvgIpc) is 3.06. The number of carbonyl (C=O) groups excluding carboxylic acids is 1. The number of nitrogens with one attached hydrogen (secondary N) is 2. The lowest BCUT2D eigenvalue weighted by molar-refractivity contribution is -0.124. The minimum absolute atomic E-state index is 0.165. The minimum atomic E-state index is -1.10. The van der Waals surface area contributed by atoms with Crippen LogP contribution >= 0.6 is 0 Å². The van der Waals surface area contributed by atoms with Crippen molar-refractivity contribution < 1.29 is 24.2 Å². The third kappa shape index (κ3) is 5.53. The normalized spacial score (nSPS) is 15.2. The number of carbonyl (C=O) groups is 2. The Hall–Kier alpha value is -3.36. The average molecular weight is 457 g/mol. The van der Waals surface area contributed by atoms with Gasteiger partial charge in [-0.25, -0.2) is 14.8 Å². The van der Waals surface area contributed by atoms with Crippen molar-refractivity contribution in [2.45, 2.75) is 65.8 Å². The first-order valence-corrected chi connectivity index (χ1v) is 11.0. The highest BCUT2D eigenvalue weighted by Gasteiger charge is 2.36. The first kappa shape index (κ1) is 24.3. The van der Waals surface area contributed by atoms with Crippen molar-refractivity contribution in [2.24, 2.45) is 5.41 Å². The summed E-state index contributed by atoms with van der Waals surface area (Å²) in [5.41, 5.74) is 1.48. The van der Waals surface area contributed by atoms with Gasteiger partial charge in [0.25, 0.3) is 0 Å². The SMILES string of the molecule is CC[C@H](CC(C)(C)C(=O)Nc1cnc(Oc2ccc(C)c3c2C(C)(C)CO3)nc1)NC(=O)O. The van der Waals surface area contributed by atoms with Gasteiger partial charge in [0.1, 0.15) is 11.5 Å². The van der Waals surface area contributed by atoms with Crippen LogP contribution in [-0.2, 0) is 10.2 Å². The zero-order chi connectivity index (χ0) is 24.4. The molecule has 2 heterocycles. The number of hydrogen-bond donors (Lipinski definition) is 3. The number of carboxylic acid groups (broad SMARTS) is 1. The molecule has 0 saturated heterocycles. The molecule has 0 spiro atoms. The molecule has 33 heavy (non-hydrogen) atoms. The van der Waals surface area contributed by atoms with E-state index in [4.69, 9.17) is 14.6 Å². The predicted molar refractivity (Wildman–Crippen MR) is 124 cm³/mol. The lowest BCUT2D eigenvalue weighted by Crippen LogP contribution is -2.41. The van der Waals surface area contributed by atoms with Gasteiger partial charge >= 0.3 is 12.1 Å². The van der Waals surface area contributed by atoms with Gasteiger partial charge in [0.2, 0.25) is 5.91 Å². The molecule has 0 saturated carbocycles. The number of anilines is 1. The largest absolute Gasteiger partial charge is 0.492 e. The smallest absolute Gasteiger partial charge is 0.404 e. The zero-order valence-electron chi connectivity index (χ0n) is 20.0. The Morgan fingerprint density at radius 2 is 1.94 bits per heavy atom. The number of hydrogen-bond acceptors (Lipinski definition) is 6. The Morgan fingerprint density at radius 1 is 1.27 bits per heavy atom. The van der Waals surface area contributed by atoms with Crippen LogP contribution in [0.1, 0.15) is 58.6 Å². The van der Waals surface area contributed by atoms with Crippen molar-refractivity contribution in [1.82, 2.24) is 15.3 Å². The number of aryl methyl sites for hydroxylation is 1. The highest BCUT2D eigenvalue weighted by Crippen LogP contribution is 2.46. The Balaban J connectivity index is 1.69. The zero-order valence-corrected chi connectivity index (χ0v) is 20.0. The monoisotopic (exact) mass is 456 g/mol. The maximum Gasteiger partial charge on any atom is 0.404 e. The van der Waals surface area contributed by atoms with Gasteiger partial charge < -0.3 is 25.2 Å². The van der Waals surface area contributed by atoms with Crippen LogP contribution in [0.25, 0.3) is 0 Å². The number of nitrogens with zero attached hydrogens (tertiary/aromatic N) is 2. The summed E-state index contributed by atoms with van der Waals surface area (Å²) in [5.74, 6) is 1.24. The first-order chi connectivity index (χ1) is 15.4. The van der Waals surface area contributed by atoms with Gasteiger partial charge in [-0.1, -0.05) is 40.7 Å². The summed E-state index contributed by atoms with van der Waals surface area (Å²) in [6.07, 6.45) is 2.82. The van der Waals surface area contributed by atoms with E-state index < -0.39 is 11.5 Å². The molecule has 1 aromatic heterocycles. The Bertz CT molecular complexity index is 1030. The van der Waals surface area contributed by atoms with Crippen molar-refractivity contribution in [1.29, 1.82) is 0 Å². The molecule has 0 radical (unpaired) electrons. The molecule has 0 bridgehead atoms. The molecule has 1 atom stereocenters. The number of rotatable bonds is 8. The van der Waals surface area contributed by atoms with Crippen LogP contribution in [0.3, 0.4) is 0 Å². The van der Waals surface area contributed by atoms with E-state index in [1.54, 1.807) is 13.8 Å². The molecule has 9 nitrogen and oxygen atoms in total. The number of amides is 2. The Labute approximate surface area is 193 Å². The van der Waals surface area contributed by atoms with E-state index in [1.165, 1.54) is 12.4 Å². The summed E-state index contributed by atoms with van der Waals surface area (Å²) in [5, 5.41) is 14.2. The van der Waals surface area contributed by atoms with Crippen LogP contribution in [0, 0.1) is 12.3 Å². The third-order valence-corrected chi connectivity index (χ3v) is 5.85. The molecule has 1 aliphatic heterocycles. The maximum atomic E-state index is 12.8. The molecule has 2 amide bonds. The minimum Gasteiger partial charge on any atom is -0.492 e. The number of benzene rings is 1. The fraction of sp³-hybridized carbons (Fsp3) is 0.500. The van der Waals surface area contributed by atoms with E-state index in [9.17, 15) is 9.59 Å². The van der Waals surface area contributed by atoms with Crippen LogP contribution in [0.2, 0.25) is 0 Å². The molecule has 3 rings (SSSR count). The van der Waals surface area contributed by atoms with Gasteiger partial charge in [-0.2, -0.15) is 0 Å². The topological polar surface area (TPSA) is 123 Å². The van der Waals surface area contributed by atoms with Gasteiger partial charge in [0, 0.05) is 22.4 Å².